The summed E-state index contributed by atoms with van der Waals surface area (Å²) < 4.78 is 11.5. The van der Waals surface area contributed by atoms with Crippen molar-refractivity contribution in [3.63, 3.8) is 0 Å². The molecule has 5 atom stereocenters. The molecule has 1 aliphatic heterocycles. The lowest BCUT2D eigenvalue weighted by atomic mass is 9.82. The third-order valence-electron chi connectivity index (χ3n) is 10.1. The number of hydrogen-bond donors (Lipinski definition) is 4. The molecule has 2 aromatic rings. The Morgan fingerprint density at radius 3 is 2.35 bits per heavy atom. The van der Waals surface area contributed by atoms with Crippen LogP contribution in [0.4, 0.5) is 4.79 Å². The summed E-state index contributed by atoms with van der Waals surface area (Å²) in [6, 6.07) is 6.78. The van der Waals surface area contributed by atoms with E-state index in [2.05, 4.69) is 20.6 Å². The van der Waals surface area contributed by atoms with Gasteiger partial charge >= 0.3 is 6.03 Å². The molecule has 2 aliphatic rings. The number of H-pyrrole nitrogens is 1. The van der Waals surface area contributed by atoms with Crippen molar-refractivity contribution in [1.82, 2.24) is 30.4 Å². The molecule has 1 aromatic carbocycles. The van der Waals surface area contributed by atoms with Crippen LogP contribution in [0.2, 0.25) is 0 Å². The number of aromatic amines is 1. The van der Waals surface area contributed by atoms with Crippen molar-refractivity contribution in [1.29, 1.82) is 0 Å². The monoisotopic (exact) mass is 668 g/mol. The van der Waals surface area contributed by atoms with Crippen LogP contribution in [0.15, 0.2) is 42.9 Å². The third kappa shape index (κ3) is 10.3. The molecule has 1 saturated carbocycles. The first-order valence-electron chi connectivity index (χ1n) is 17.6. The number of ether oxygens (including phenoxy) is 2. The molecule has 1 aromatic heterocycles. The highest BCUT2D eigenvalue weighted by atomic mass is 16.7. The number of urea groups is 1. The Hall–Kier alpha value is -3.48. The fourth-order valence-corrected chi connectivity index (χ4v) is 6.88. The van der Waals surface area contributed by atoms with Gasteiger partial charge in [-0.15, -0.1) is 0 Å². The molecule has 4 rings (SSSR count). The summed E-state index contributed by atoms with van der Waals surface area (Å²) in [5.41, 5.74) is 1.01. The smallest absolute Gasteiger partial charge is 0.318 e. The maximum absolute atomic E-state index is 14.3. The van der Waals surface area contributed by atoms with E-state index in [0.717, 1.165) is 31.2 Å². The van der Waals surface area contributed by atoms with Crippen molar-refractivity contribution < 1.29 is 29.0 Å². The number of benzene rings is 1. The predicted octanol–water partition coefficient (Wildman–Crippen LogP) is 3.80. The lowest BCUT2D eigenvalue weighted by Crippen LogP contribution is -2.59. The van der Waals surface area contributed by atoms with Gasteiger partial charge in [0.05, 0.1) is 30.2 Å². The van der Waals surface area contributed by atoms with Gasteiger partial charge in [-0.2, -0.15) is 0 Å². The molecule has 0 radical (unpaired) electrons. The molecule has 48 heavy (non-hydrogen) atoms. The maximum Gasteiger partial charge on any atom is 0.318 e. The number of aliphatic hydroxyl groups excluding tert-OH is 1. The van der Waals surface area contributed by atoms with Gasteiger partial charge in [0.2, 0.25) is 11.8 Å². The second kappa shape index (κ2) is 17.8. The fourth-order valence-electron chi connectivity index (χ4n) is 6.88. The van der Waals surface area contributed by atoms with Crippen LogP contribution in [-0.2, 0) is 31.9 Å². The number of nitrogens with zero attached hydrogens (tertiary/aromatic N) is 3. The van der Waals surface area contributed by atoms with Crippen LogP contribution in [0.25, 0.3) is 0 Å². The van der Waals surface area contributed by atoms with Crippen LogP contribution in [0, 0.1) is 5.92 Å². The van der Waals surface area contributed by atoms with Crippen molar-refractivity contribution in [2.24, 2.45) is 5.92 Å². The number of aromatic nitrogens is 2. The molecular formula is C36H56N6O6. The van der Waals surface area contributed by atoms with Gasteiger partial charge in [0.25, 0.3) is 0 Å². The summed E-state index contributed by atoms with van der Waals surface area (Å²) in [6.07, 6.45) is 8.92. The van der Waals surface area contributed by atoms with Crippen LogP contribution < -0.4 is 10.6 Å². The number of imidazole rings is 1. The SMILES string of the molecule is CCN(CC)C(=O)N[C@@H](Cc1ccccc1)C(=O)N(C)[C@@H](Cc1cnc[nH]1)C(=O)N[C@@H](CC1CCCCC1)[C@@H](O)C[C@@H]1OCOC1(C)C. The van der Waals surface area contributed by atoms with Gasteiger partial charge in [-0.25, -0.2) is 9.78 Å². The molecule has 4 N–H and O–H groups in total. The number of carbonyl (C=O) groups excluding carboxylic acids is 3. The molecule has 2 fully saturated rings. The van der Waals surface area contributed by atoms with E-state index in [9.17, 15) is 19.5 Å². The van der Waals surface area contributed by atoms with Crippen LogP contribution in [0.1, 0.15) is 83.9 Å². The number of rotatable bonds is 16. The molecule has 266 valence electrons. The lowest BCUT2D eigenvalue weighted by molar-refractivity contribution is -0.141. The van der Waals surface area contributed by atoms with E-state index in [1.807, 2.05) is 58.0 Å². The van der Waals surface area contributed by atoms with Crippen molar-refractivity contribution in [2.75, 3.05) is 26.9 Å². The zero-order chi connectivity index (χ0) is 34.7. The highest BCUT2D eigenvalue weighted by Crippen LogP contribution is 2.32. The van der Waals surface area contributed by atoms with Crippen LogP contribution >= 0.6 is 0 Å². The van der Waals surface area contributed by atoms with Gasteiger partial charge in [-0.1, -0.05) is 62.4 Å². The van der Waals surface area contributed by atoms with E-state index in [-0.39, 0.29) is 43.6 Å². The summed E-state index contributed by atoms with van der Waals surface area (Å²) in [4.78, 5) is 52.1. The maximum atomic E-state index is 14.3. The molecule has 1 saturated heterocycles. The van der Waals surface area contributed by atoms with E-state index in [1.165, 1.54) is 17.6 Å². The van der Waals surface area contributed by atoms with E-state index in [1.54, 1.807) is 18.1 Å². The summed E-state index contributed by atoms with van der Waals surface area (Å²) in [6.45, 7) is 8.82. The normalized spacial score (nSPS) is 20.3. The molecule has 12 nitrogen and oxygen atoms in total. The van der Waals surface area contributed by atoms with Crippen molar-refractivity contribution in [2.45, 2.75) is 121 Å². The zero-order valence-corrected chi connectivity index (χ0v) is 29.3. The highest BCUT2D eigenvalue weighted by Gasteiger charge is 2.41. The van der Waals surface area contributed by atoms with Gasteiger partial charge in [0.15, 0.2) is 0 Å². The molecule has 0 unspecified atom stereocenters. The van der Waals surface area contributed by atoms with Crippen molar-refractivity contribution in [3.8, 4) is 0 Å². The summed E-state index contributed by atoms with van der Waals surface area (Å²) in [7, 11) is 1.60. The molecule has 4 amide bonds. The van der Waals surface area contributed by atoms with E-state index in [4.69, 9.17) is 9.47 Å². The second-order valence-corrected chi connectivity index (χ2v) is 13.8. The topological polar surface area (TPSA) is 149 Å². The number of nitrogens with one attached hydrogen (secondary N) is 3. The van der Waals surface area contributed by atoms with Crippen LogP contribution in [-0.4, -0.2) is 106 Å². The predicted molar refractivity (Wildman–Crippen MR) is 183 cm³/mol. The highest BCUT2D eigenvalue weighted by molar-refractivity contribution is 5.92. The van der Waals surface area contributed by atoms with E-state index >= 15 is 0 Å². The average molecular weight is 669 g/mol. The molecule has 12 heteroatoms. The minimum Gasteiger partial charge on any atom is -0.391 e. The Kier molecular flexibility index (Phi) is 13.8. The minimum absolute atomic E-state index is 0.165. The van der Waals surface area contributed by atoms with Crippen LogP contribution in [0.5, 0.6) is 0 Å². The van der Waals surface area contributed by atoms with E-state index in [0.29, 0.717) is 37.5 Å². The molecular weight excluding hydrogens is 612 g/mol. The Bertz CT molecular complexity index is 1280. The Balaban J connectivity index is 1.58. The quantitative estimate of drug-likeness (QED) is 0.213. The zero-order valence-electron chi connectivity index (χ0n) is 29.3. The number of hydrogen-bond acceptors (Lipinski definition) is 7. The average Bonchev–Trinajstić information content (AvgIpc) is 3.72. The molecule has 1 aliphatic carbocycles. The van der Waals surface area contributed by atoms with Gasteiger partial charge in [-0.05, 0) is 45.6 Å². The first kappa shape index (κ1) is 37.3. The summed E-state index contributed by atoms with van der Waals surface area (Å²) >= 11 is 0. The number of amides is 4. The van der Waals surface area contributed by atoms with Gasteiger partial charge < -0.3 is 40.0 Å². The van der Waals surface area contributed by atoms with Gasteiger partial charge in [0.1, 0.15) is 18.9 Å². The first-order valence-corrected chi connectivity index (χ1v) is 17.6. The fraction of sp³-hybridized carbons (Fsp3) is 0.667. The molecule has 0 spiro atoms. The number of likely N-dealkylation sites (N-methyl/N-ethyl adjacent to an activating group) is 1. The number of carbonyl (C=O) groups is 3. The summed E-state index contributed by atoms with van der Waals surface area (Å²) in [5.74, 6) is -0.387. The summed E-state index contributed by atoms with van der Waals surface area (Å²) in [5, 5.41) is 17.7. The van der Waals surface area contributed by atoms with Gasteiger partial charge in [0, 0.05) is 51.3 Å². The van der Waals surface area contributed by atoms with Crippen LogP contribution in [0.3, 0.4) is 0 Å². The largest absolute Gasteiger partial charge is 0.391 e. The Labute approximate surface area is 285 Å². The number of aliphatic hydroxyl groups is 1. The second-order valence-electron chi connectivity index (χ2n) is 13.8. The molecule has 0 bridgehead atoms. The van der Waals surface area contributed by atoms with Crippen molar-refractivity contribution in [3.05, 3.63) is 54.1 Å². The minimum atomic E-state index is -0.940. The Morgan fingerprint density at radius 1 is 1.04 bits per heavy atom. The third-order valence-corrected chi connectivity index (χ3v) is 10.1. The van der Waals surface area contributed by atoms with E-state index < -0.39 is 29.8 Å². The molecule has 2 heterocycles. The first-order chi connectivity index (χ1) is 23.0. The lowest BCUT2D eigenvalue weighted by Gasteiger charge is -2.36. The standard InChI is InChI=1S/C36H56N6O6/c1-6-42(7-2)35(46)40-29(19-26-16-12-9-13-17-26)34(45)41(5)30(20-27-22-37-23-38-27)33(44)39-28(18-25-14-10-8-11-15-25)31(43)21-32-36(3,4)48-24-47-32/h9,12-13,16-17,22-23,25,28-32,43H,6-8,10-11,14-15,18-21,24H2,1-5H3,(H,37,38)(H,39,44)(H,40,46)/t28-,29-,30-,31-,32-/m0/s1. The van der Waals surface area contributed by atoms with Crippen molar-refractivity contribution >= 4 is 17.8 Å². The Morgan fingerprint density at radius 2 is 1.75 bits per heavy atom. The van der Waals surface area contributed by atoms with Gasteiger partial charge in [-0.3, -0.25) is 9.59 Å².